The molecule has 7 heteroatoms. The molecule has 0 heterocycles. The monoisotopic (exact) mass is 485 g/mol. The van der Waals surface area contributed by atoms with Crippen molar-refractivity contribution in [2.45, 2.75) is 19.6 Å². The number of nitrogens with one attached hydrogen (secondary N) is 2. The summed E-state index contributed by atoms with van der Waals surface area (Å²) in [5, 5.41) is 16.8. The number of rotatable bonds is 8. The van der Waals surface area contributed by atoms with Crippen LogP contribution in [-0.2, 0) is 6.54 Å². The maximum atomic E-state index is 10.5. The molecular weight excluding hydrogens is 457 g/mol. The zero-order valence-electron chi connectivity index (χ0n) is 15.9. The van der Waals surface area contributed by atoms with Crippen molar-refractivity contribution < 1.29 is 14.6 Å². The molecule has 2 rings (SSSR count). The van der Waals surface area contributed by atoms with E-state index in [9.17, 15) is 5.11 Å². The highest BCUT2D eigenvalue weighted by atomic mass is 127. The Morgan fingerprint density at radius 1 is 1.04 bits per heavy atom. The Morgan fingerprint density at radius 3 is 2.37 bits per heavy atom. The van der Waals surface area contributed by atoms with Gasteiger partial charge in [-0.15, -0.1) is 24.0 Å². The van der Waals surface area contributed by atoms with Gasteiger partial charge in [-0.25, -0.2) is 4.99 Å². The molecule has 1 unspecified atom stereocenters. The van der Waals surface area contributed by atoms with E-state index in [0.29, 0.717) is 30.5 Å². The molecule has 0 bridgehead atoms. The van der Waals surface area contributed by atoms with Crippen LogP contribution in [0.4, 0.5) is 0 Å². The smallest absolute Gasteiger partial charge is 0.191 e. The van der Waals surface area contributed by atoms with Gasteiger partial charge in [-0.1, -0.05) is 36.4 Å². The van der Waals surface area contributed by atoms with E-state index in [1.54, 1.807) is 26.4 Å². The largest absolute Gasteiger partial charge is 0.493 e. The van der Waals surface area contributed by atoms with E-state index in [-0.39, 0.29) is 24.0 Å². The average Bonchev–Trinajstić information content (AvgIpc) is 2.70. The fourth-order valence-corrected chi connectivity index (χ4v) is 2.47. The van der Waals surface area contributed by atoms with Crippen molar-refractivity contribution in [1.82, 2.24) is 10.6 Å². The molecule has 0 fully saturated rings. The Kier molecular flexibility index (Phi) is 10.6. The van der Waals surface area contributed by atoms with Crippen molar-refractivity contribution in [3.05, 3.63) is 59.7 Å². The SMILES string of the molecule is CCNC(=NCc1ccccc1)NCC(O)c1ccc(OC)c(OC)c1.I. The van der Waals surface area contributed by atoms with Crippen LogP contribution in [0.1, 0.15) is 24.2 Å². The maximum Gasteiger partial charge on any atom is 0.191 e. The van der Waals surface area contributed by atoms with Crippen LogP contribution in [0.3, 0.4) is 0 Å². The van der Waals surface area contributed by atoms with E-state index in [4.69, 9.17) is 9.47 Å². The summed E-state index contributed by atoms with van der Waals surface area (Å²) >= 11 is 0. The van der Waals surface area contributed by atoms with Crippen LogP contribution in [0.25, 0.3) is 0 Å². The Labute approximate surface area is 178 Å². The van der Waals surface area contributed by atoms with E-state index in [1.165, 1.54) is 0 Å². The number of aliphatic hydroxyl groups excluding tert-OH is 1. The standard InChI is InChI=1S/C20H27N3O3.HI/c1-4-21-20(22-13-15-8-6-5-7-9-15)23-14-17(24)16-10-11-18(25-2)19(12-16)26-3;/h5-12,17,24H,4,13-14H2,1-3H3,(H2,21,22,23);1H. The number of halogens is 1. The van der Waals surface area contributed by atoms with Gasteiger partial charge in [-0.2, -0.15) is 0 Å². The molecule has 2 aromatic carbocycles. The van der Waals surface area contributed by atoms with Gasteiger partial charge in [0.25, 0.3) is 0 Å². The average molecular weight is 485 g/mol. The van der Waals surface area contributed by atoms with Crippen LogP contribution in [-0.4, -0.2) is 38.4 Å². The zero-order chi connectivity index (χ0) is 18.8. The first-order valence-electron chi connectivity index (χ1n) is 8.64. The van der Waals surface area contributed by atoms with Gasteiger partial charge in [0.15, 0.2) is 17.5 Å². The first kappa shape index (κ1) is 23.0. The highest BCUT2D eigenvalue weighted by Crippen LogP contribution is 2.29. The lowest BCUT2D eigenvalue weighted by Crippen LogP contribution is -2.39. The van der Waals surface area contributed by atoms with Gasteiger partial charge in [0.05, 0.1) is 26.9 Å². The van der Waals surface area contributed by atoms with Crippen LogP contribution in [0.2, 0.25) is 0 Å². The molecule has 0 saturated carbocycles. The van der Waals surface area contributed by atoms with Crippen LogP contribution in [0.5, 0.6) is 11.5 Å². The molecule has 0 radical (unpaired) electrons. The zero-order valence-corrected chi connectivity index (χ0v) is 18.3. The molecule has 0 aliphatic heterocycles. The minimum absolute atomic E-state index is 0. The van der Waals surface area contributed by atoms with Gasteiger partial charge in [-0.3, -0.25) is 0 Å². The fraction of sp³-hybridized carbons (Fsp3) is 0.350. The Balaban J connectivity index is 0.00000364. The lowest BCUT2D eigenvalue weighted by atomic mass is 10.1. The molecule has 1 atom stereocenters. The second kappa shape index (κ2) is 12.4. The second-order valence-electron chi connectivity index (χ2n) is 5.69. The summed E-state index contributed by atoms with van der Waals surface area (Å²) in [5.74, 6) is 1.89. The van der Waals surface area contributed by atoms with E-state index >= 15 is 0 Å². The van der Waals surface area contributed by atoms with Crippen LogP contribution >= 0.6 is 24.0 Å². The van der Waals surface area contributed by atoms with Crippen LogP contribution in [0.15, 0.2) is 53.5 Å². The lowest BCUT2D eigenvalue weighted by Gasteiger charge is -2.17. The Hall–Kier alpha value is -2.00. The summed E-state index contributed by atoms with van der Waals surface area (Å²) in [7, 11) is 3.16. The molecule has 0 aliphatic carbocycles. The summed E-state index contributed by atoms with van der Waals surface area (Å²) in [5.41, 5.74) is 1.87. The van der Waals surface area contributed by atoms with Crippen molar-refractivity contribution in [1.29, 1.82) is 0 Å². The molecule has 0 spiro atoms. The van der Waals surface area contributed by atoms with Gasteiger partial charge in [0.2, 0.25) is 0 Å². The molecule has 0 aliphatic rings. The van der Waals surface area contributed by atoms with E-state index in [1.807, 2.05) is 43.3 Å². The molecule has 2 aromatic rings. The quantitative estimate of drug-likeness (QED) is 0.305. The first-order chi connectivity index (χ1) is 12.7. The van der Waals surface area contributed by atoms with Gasteiger partial charge in [0.1, 0.15) is 0 Å². The number of benzene rings is 2. The number of hydrogen-bond donors (Lipinski definition) is 3. The summed E-state index contributed by atoms with van der Waals surface area (Å²) in [6.45, 7) is 3.65. The van der Waals surface area contributed by atoms with Gasteiger partial charge in [-0.05, 0) is 30.2 Å². The number of methoxy groups -OCH3 is 2. The third-order valence-electron chi connectivity index (χ3n) is 3.86. The molecule has 6 nitrogen and oxygen atoms in total. The minimum Gasteiger partial charge on any atom is -0.493 e. The predicted molar refractivity (Wildman–Crippen MR) is 119 cm³/mol. The highest BCUT2D eigenvalue weighted by Gasteiger charge is 2.12. The molecule has 3 N–H and O–H groups in total. The predicted octanol–water partition coefficient (Wildman–Crippen LogP) is 3.11. The van der Waals surface area contributed by atoms with Gasteiger partial charge in [0, 0.05) is 13.1 Å². The topological polar surface area (TPSA) is 75.1 Å². The van der Waals surface area contributed by atoms with E-state index < -0.39 is 6.10 Å². The van der Waals surface area contributed by atoms with E-state index in [2.05, 4.69) is 15.6 Å². The number of guanidine groups is 1. The highest BCUT2D eigenvalue weighted by molar-refractivity contribution is 14.0. The number of ether oxygens (including phenoxy) is 2. The van der Waals surface area contributed by atoms with Gasteiger partial charge < -0.3 is 25.2 Å². The van der Waals surface area contributed by atoms with Crippen molar-refractivity contribution in [2.75, 3.05) is 27.3 Å². The van der Waals surface area contributed by atoms with Crippen molar-refractivity contribution in [3.63, 3.8) is 0 Å². The van der Waals surface area contributed by atoms with Gasteiger partial charge >= 0.3 is 0 Å². The summed E-state index contributed by atoms with van der Waals surface area (Å²) < 4.78 is 10.5. The summed E-state index contributed by atoms with van der Waals surface area (Å²) in [4.78, 5) is 4.55. The van der Waals surface area contributed by atoms with Crippen molar-refractivity contribution in [2.24, 2.45) is 4.99 Å². The third-order valence-corrected chi connectivity index (χ3v) is 3.86. The molecule has 0 aromatic heterocycles. The summed E-state index contributed by atoms with van der Waals surface area (Å²) in [6.07, 6.45) is -0.699. The minimum atomic E-state index is -0.699. The van der Waals surface area contributed by atoms with Crippen LogP contribution in [0, 0.1) is 0 Å². The van der Waals surface area contributed by atoms with Crippen LogP contribution < -0.4 is 20.1 Å². The maximum absolute atomic E-state index is 10.5. The fourth-order valence-electron chi connectivity index (χ4n) is 2.47. The molecule has 27 heavy (non-hydrogen) atoms. The molecule has 0 amide bonds. The number of aliphatic hydroxyl groups is 1. The third kappa shape index (κ3) is 7.26. The van der Waals surface area contributed by atoms with Crippen molar-refractivity contribution >= 4 is 29.9 Å². The Bertz CT molecular complexity index is 711. The summed E-state index contributed by atoms with van der Waals surface area (Å²) in [6, 6.07) is 15.4. The van der Waals surface area contributed by atoms with E-state index in [0.717, 1.165) is 17.7 Å². The lowest BCUT2D eigenvalue weighted by molar-refractivity contribution is 0.180. The van der Waals surface area contributed by atoms with Crippen molar-refractivity contribution in [3.8, 4) is 11.5 Å². The molecule has 148 valence electrons. The molecule has 0 saturated heterocycles. The second-order valence-corrected chi connectivity index (χ2v) is 5.69. The molecular formula is C20H28IN3O3. The normalized spacial score (nSPS) is 11.9. The number of aliphatic imine (C=N–C) groups is 1. The number of hydrogen-bond acceptors (Lipinski definition) is 4. The number of nitrogens with zero attached hydrogens (tertiary/aromatic N) is 1. The Morgan fingerprint density at radius 2 is 1.74 bits per heavy atom. The first-order valence-corrected chi connectivity index (χ1v) is 8.64.